The second kappa shape index (κ2) is 5.82. The van der Waals surface area contributed by atoms with Crippen molar-refractivity contribution in [3.63, 3.8) is 0 Å². The molecule has 4 nitrogen and oxygen atoms in total. The maximum absolute atomic E-state index is 11.9. The van der Waals surface area contributed by atoms with Gasteiger partial charge in [-0.25, -0.2) is 8.42 Å². The molecule has 0 fully saturated rings. The van der Waals surface area contributed by atoms with E-state index in [1.807, 2.05) is 18.2 Å². The molecule has 1 aromatic carbocycles. The van der Waals surface area contributed by atoms with Gasteiger partial charge in [0.05, 0.1) is 22.4 Å². The topological polar surface area (TPSA) is 49.4 Å². The lowest BCUT2D eigenvalue weighted by atomic mass is 10.2. The molecule has 19 heavy (non-hydrogen) atoms. The van der Waals surface area contributed by atoms with Gasteiger partial charge in [0.2, 0.25) is 0 Å². The molecule has 1 aliphatic rings. The van der Waals surface area contributed by atoms with Crippen LogP contribution in [0.5, 0.6) is 0 Å². The Kier molecular flexibility index (Phi) is 4.34. The quantitative estimate of drug-likeness (QED) is 0.919. The third kappa shape index (κ3) is 3.41. The SMILES string of the molecule is CC(C)S(=O)(=O)CCN1CCCNc2ccccc21. The van der Waals surface area contributed by atoms with Gasteiger partial charge in [0, 0.05) is 19.6 Å². The lowest BCUT2D eigenvalue weighted by Crippen LogP contribution is -2.32. The zero-order chi connectivity index (χ0) is 13.9. The maximum Gasteiger partial charge on any atom is 0.154 e. The van der Waals surface area contributed by atoms with Crippen LogP contribution in [0.1, 0.15) is 20.3 Å². The van der Waals surface area contributed by atoms with Gasteiger partial charge < -0.3 is 10.2 Å². The minimum Gasteiger partial charge on any atom is -0.383 e. The highest BCUT2D eigenvalue weighted by atomic mass is 32.2. The number of nitrogens with one attached hydrogen (secondary N) is 1. The normalized spacial score (nSPS) is 15.8. The third-order valence-electron chi connectivity index (χ3n) is 3.53. The Morgan fingerprint density at radius 3 is 2.79 bits per heavy atom. The molecule has 0 radical (unpaired) electrons. The first kappa shape index (κ1) is 14.2. The van der Waals surface area contributed by atoms with Crippen LogP contribution >= 0.6 is 0 Å². The smallest absolute Gasteiger partial charge is 0.154 e. The van der Waals surface area contributed by atoms with Crippen LogP contribution < -0.4 is 10.2 Å². The molecule has 0 bridgehead atoms. The van der Waals surface area contributed by atoms with Crippen LogP contribution in [0.2, 0.25) is 0 Å². The molecule has 0 spiro atoms. The highest BCUT2D eigenvalue weighted by Crippen LogP contribution is 2.27. The summed E-state index contributed by atoms with van der Waals surface area (Å²) in [6.07, 6.45) is 1.02. The van der Waals surface area contributed by atoms with E-state index in [1.54, 1.807) is 13.8 Å². The van der Waals surface area contributed by atoms with Gasteiger partial charge in [-0.1, -0.05) is 12.1 Å². The molecule has 0 aromatic heterocycles. The Morgan fingerprint density at radius 2 is 2.05 bits per heavy atom. The highest BCUT2D eigenvalue weighted by molar-refractivity contribution is 7.92. The summed E-state index contributed by atoms with van der Waals surface area (Å²) in [5.74, 6) is 0.221. The maximum atomic E-state index is 11.9. The Labute approximate surface area is 115 Å². The van der Waals surface area contributed by atoms with Crippen molar-refractivity contribution in [1.29, 1.82) is 0 Å². The summed E-state index contributed by atoms with van der Waals surface area (Å²) in [7, 11) is -2.97. The number of anilines is 2. The fourth-order valence-electron chi connectivity index (χ4n) is 2.22. The molecule has 1 heterocycles. The van der Waals surface area contributed by atoms with Gasteiger partial charge in [0.25, 0.3) is 0 Å². The number of hydrogen-bond donors (Lipinski definition) is 1. The molecule has 1 aliphatic heterocycles. The summed E-state index contributed by atoms with van der Waals surface area (Å²) in [6.45, 7) is 5.89. The number of rotatable bonds is 4. The fourth-order valence-corrected chi connectivity index (χ4v) is 3.16. The van der Waals surface area contributed by atoms with Crippen molar-refractivity contribution in [3.8, 4) is 0 Å². The van der Waals surface area contributed by atoms with Crippen molar-refractivity contribution in [1.82, 2.24) is 0 Å². The van der Waals surface area contributed by atoms with E-state index in [2.05, 4.69) is 16.3 Å². The van der Waals surface area contributed by atoms with E-state index in [0.29, 0.717) is 6.54 Å². The predicted molar refractivity (Wildman–Crippen MR) is 80.7 cm³/mol. The molecule has 5 heteroatoms. The van der Waals surface area contributed by atoms with Gasteiger partial charge >= 0.3 is 0 Å². The first-order chi connectivity index (χ1) is 9.00. The van der Waals surface area contributed by atoms with E-state index in [0.717, 1.165) is 30.9 Å². The van der Waals surface area contributed by atoms with Crippen molar-refractivity contribution >= 4 is 21.2 Å². The molecule has 106 valence electrons. The number of hydrogen-bond acceptors (Lipinski definition) is 4. The molecule has 0 aliphatic carbocycles. The Balaban J connectivity index is 2.13. The molecule has 0 saturated heterocycles. The van der Waals surface area contributed by atoms with Crippen LogP contribution in [0.25, 0.3) is 0 Å². The van der Waals surface area contributed by atoms with E-state index in [9.17, 15) is 8.42 Å². The number of benzene rings is 1. The van der Waals surface area contributed by atoms with Gasteiger partial charge in [-0.15, -0.1) is 0 Å². The average molecular weight is 282 g/mol. The molecular formula is C14H22N2O2S. The van der Waals surface area contributed by atoms with Crippen molar-refractivity contribution in [2.45, 2.75) is 25.5 Å². The summed E-state index contributed by atoms with van der Waals surface area (Å²) in [5, 5.41) is 3.09. The van der Waals surface area contributed by atoms with Gasteiger partial charge in [-0.3, -0.25) is 0 Å². The molecule has 1 N–H and O–H groups in total. The minimum atomic E-state index is -2.97. The predicted octanol–water partition coefficient (Wildman–Crippen LogP) is 2.13. The van der Waals surface area contributed by atoms with Crippen molar-refractivity contribution in [2.75, 3.05) is 35.6 Å². The molecule has 0 saturated carbocycles. The van der Waals surface area contributed by atoms with Crippen LogP contribution in [0.3, 0.4) is 0 Å². The lowest BCUT2D eigenvalue weighted by Gasteiger charge is -2.24. The Hall–Kier alpha value is -1.23. The second-order valence-electron chi connectivity index (χ2n) is 5.20. The lowest BCUT2D eigenvalue weighted by molar-refractivity contribution is 0.585. The van der Waals surface area contributed by atoms with Gasteiger partial charge in [-0.05, 0) is 32.4 Å². The summed E-state index contributed by atoms with van der Waals surface area (Å²) < 4.78 is 23.9. The standard InChI is InChI=1S/C14H22N2O2S/c1-12(2)19(17,18)11-10-16-9-5-8-15-13-6-3-4-7-14(13)16/h3-4,6-7,12,15H,5,8-11H2,1-2H3. The third-order valence-corrected chi connectivity index (χ3v) is 5.72. The largest absolute Gasteiger partial charge is 0.383 e. The Morgan fingerprint density at radius 1 is 1.32 bits per heavy atom. The summed E-state index contributed by atoms with van der Waals surface area (Å²) in [4.78, 5) is 2.18. The molecule has 1 aromatic rings. The summed E-state index contributed by atoms with van der Waals surface area (Å²) >= 11 is 0. The zero-order valence-corrected chi connectivity index (χ0v) is 12.4. The van der Waals surface area contributed by atoms with Crippen molar-refractivity contribution < 1.29 is 8.42 Å². The second-order valence-corrected chi connectivity index (χ2v) is 7.88. The van der Waals surface area contributed by atoms with Crippen LogP contribution in [-0.4, -0.2) is 39.1 Å². The first-order valence-corrected chi connectivity index (χ1v) is 8.51. The van der Waals surface area contributed by atoms with Crippen molar-refractivity contribution in [2.24, 2.45) is 0 Å². The molecule has 0 amide bonds. The Bertz CT molecular complexity index is 526. The van der Waals surface area contributed by atoms with E-state index in [1.165, 1.54) is 0 Å². The average Bonchev–Trinajstić information content (AvgIpc) is 2.58. The molecule has 0 atom stereocenters. The molecule has 2 rings (SSSR count). The van der Waals surface area contributed by atoms with Gasteiger partial charge in [-0.2, -0.15) is 0 Å². The van der Waals surface area contributed by atoms with E-state index in [4.69, 9.17) is 0 Å². The summed E-state index contributed by atoms with van der Waals surface area (Å²) in [5.41, 5.74) is 2.21. The van der Waals surface area contributed by atoms with Crippen molar-refractivity contribution in [3.05, 3.63) is 24.3 Å². The van der Waals surface area contributed by atoms with Crippen LogP contribution in [-0.2, 0) is 9.84 Å². The fraction of sp³-hybridized carbons (Fsp3) is 0.571. The summed E-state index contributed by atoms with van der Waals surface area (Å²) in [6, 6.07) is 8.09. The van der Waals surface area contributed by atoms with Gasteiger partial charge in [0.1, 0.15) is 0 Å². The number of fused-ring (bicyclic) bond motifs is 1. The van der Waals surface area contributed by atoms with E-state index < -0.39 is 9.84 Å². The number of nitrogens with zero attached hydrogens (tertiary/aromatic N) is 1. The highest BCUT2D eigenvalue weighted by Gasteiger charge is 2.20. The van der Waals surface area contributed by atoms with Crippen LogP contribution in [0, 0.1) is 0 Å². The molecular weight excluding hydrogens is 260 g/mol. The van der Waals surface area contributed by atoms with Crippen LogP contribution in [0.4, 0.5) is 11.4 Å². The zero-order valence-electron chi connectivity index (χ0n) is 11.6. The van der Waals surface area contributed by atoms with E-state index >= 15 is 0 Å². The van der Waals surface area contributed by atoms with E-state index in [-0.39, 0.29) is 11.0 Å². The molecule has 0 unspecified atom stereocenters. The van der Waals surface area contributed by atoms with Crippen LogP contribution in [0.15, 0.2) is 24.3 Å². The number of para-hydroxylation sites is 2. The van der Waals surface area contributed by atoms with Gasteiger partial charge in [0.15, 0.2) is 9.84 Å². The minimum absolute atomic E-state index is 0.221. The first-order valence-electron chi connectivity index (χ1n) is 6.80. The monoisotopic (exact) mass is 282 g/mol. The number of sulfone groups is 1.